The Morgan fingerprint density at radius 2 is 1.68 bits per heavy atom. The Morgan fingerprint density at radius 1 is 1.00 bits per heavy atom. The summed E-state index contributed by atoms with van der Waals surface area (Å²) in [5.41, 5.74) is -2.24. The molecule has 206 valence electrons. The first-order valence-corrected chi connectivity index (χ1v) is 11.4. The van der Waals surface area contributed by atoms with Crippen LogP contribution in [0.15, 0.2) is 66.2 Å². The first kappa shape index (κ1) is 27.6. The van der Waals surface area contributed by atoms with Gasteiger partial charge in [0.2, 0.25) is 5.75 Å². The summed E-state index contributed by atoms with van der Waals surface area (Å²) in [6.07, 6.45) is -3.63. The first-order chi connectivity index (χ1) is 18.9. The molecule has 1 saturated heterocycles. The second kappa shape index (κ2) is 10.8. The van der Waals surface area contributed by atoms with Crippen molar-refractivity contribution >= 4 is 35.3 Å². The number of hydrogen-bond acceptors (Lipinski definition) is 8. The van der Waals surface area contributed by atoms with E-state index in [1.54, 1.807) is 6.92 Å². The van der Waals surface area contributed by atoms with Crippen LogP contribution >= 0.6 is 0 Å². The van der Waals surface area contributed by atoms with E-state index in [0.717, 1.165) is 6.07 Å². The van der Waals surface area contributed by atoms with E-state index in [4.69, 9.17) is 9.47 Å². The Morgan fingerprint density at radius 3 is 2.30 bits per heavy atom. The molecule has 1 fully saturated rings. The highest BCUT2D eigenvalue weighted by Crippen LogP contribution is 2.40. The maximum absolute atomic E-state index is 13.1. The van der Waals surface area contributed by atoms with Gasteiger partial charge >= 0.3 is 17.9 Å². The van der Waals surface area contributed by atoms with E-state index in [9.17, 15) is 42.8 Å². The number of phenols is 1. The van der Waals surface area contributed by atoms with Crippen molar-refractivity contribution < 1.29 is 47.1 Å². The summed E-state index contributed by atoms with van der Waals surface area (Å²) >= 11 is 0. The Hall–Kier alpha value is -5.40. The lowest BCUT2D eigenvalue weighted by atomic mass is 10.1. The smallest absolute Gasteiger partial charge is 0.416 e. The van der Waals surface area contributed by atoms with Gasteiger partial charge in [0.05, 0.1) is 22.8 Å². The first-order valence-electron chi connectivity index (χ1n) is 11.4. The molecule has 4 rings (SSSR count). The number of nitrogens with one attached hydrogen (secondary N) is 1. The van der Waals surface area contributed by atoms with Crippen LogP contribution in [0.1, 0.15) is 18.1 Å². The third-order valence-corrected chi connectivity index (χ3v) is 5.49. The Bertz CT molecular complexity index is 1550. The summed E-state index contributed by atoms with van der Waals surface area (Å²) in [5, 5.41) is 22.9. The van der Waals surface area contributed by atoms with Crippen molar-refractivity contribution in [2.45, 2.75) is 13.1 Å². The van der Waals surface area contributed by atoms with Crippen LogP contribution in [0.5, 0.6) is 23.0 Å². The summed E-state index contributed by atoms with van der Waals surface area (Å²) < 4.78 is 50.1. The monoisotopic (exact) mass is 557 g/mol. The second-order valence-corrected chi connectivity index (χ2v) is 8.15. The molecule has 1 aliphatic rings. The number of nitro benzene ring substituents is 1. The zero-order valence-electron chi connectivity index (χ0n) is 20.4. The third-order valence-electron chi connectivity index (χ3n) is 5.49. The number of aromatic hydroxyl groups is 1. The van der Waals surface area contributed by atoms with Crippen LogP contribution in [0.3, 0.4) is 0 Å². The second-order valence-electron chi connectivity index (χ2n) is 8.15. The molecule has 40 heavy (non-hydrogen) atoms. The van der Waals surface area contributed by atoms with Crippen molar-refractivity contribution in [3.05, 3.63) is 87.5 Å². The molecule has 4 amide bonds. The molecule has 0 saturated carbocycles. The number of nitro groups is 1. The zero-order valence-corrected chi connectivity index (χ0v) is 20.4. The minimum Gasteiger partial charge on any atom is -0.508 e. The predicted molar refractivity (Wildman–Crippen MR) is 133 cm³/mol. The van der Waals surface area contributed by atoms with E-state index < -0.39 is 51.5 Å². The average molecular weight is 557 g/mol. The van der Waals surface area contributed by atoms with Gasteiger partial charge in [-0.2, -0.15) is 13.2 Å². The number of imide groups is 2. The van der Waals surface area contributed by atoms with Gasteiger partial charge in [0.1, 0.15) is 11.3 Å². The van der Waals surface area contributed by atoms with Gasteiger partial charge in [-0.1, -0.05) is 6.07 Å². The van der Waals surface area contributed by atoms with Gasteiger partial charge in [-0.15, -0.1) is 0 Å². The van der Waals surface area contributed by atoms with Gasteiger partial charge in [0, 0.05) is 6.07 Å². The largest absolute Gasteiger partial charge is 0.508 e. The molecule has 0 radical (unpaired) electrons. The number of rotatable bonds is 7. The normalized spacial score (nSPS) is 14.8. The molecule has 11 nitrogen and oxygen atoms in total. The summed E-state index contributed by atoms with van der Waals surface area (Å²) in [5.74, 6) is -2.59. The molecule has 3 aromatic carbocycles. The number of carbonyl (C=O) groups is 3. The van der Waals surface area contributed by atoms with Crippen LogP contribution in [-0.4, -0.2) is 34.5 Å². The van der Waals surface area contributed by atoms with Gasteiger partial charge in [-0.3, -0.25) is 25.0 Å². The van der Waals surface area contributed by atoms with Crippen LogP contribution in [0, 0.1) is 10.1 Å². The van der Waals surface area contributed by atoms with E-state index in [0.29, 0.717) is 17.0 Å². The maximum Gasteiger partial charge on any atom is 0.416 e. The van der Waals surface area contributed by atoms with Crippen LogP contribution in [0.2, 0.25) is 0 Å². The molecule has 1 heterocycles. The molecule has 0 spiro atoms. The lowest BCUT2D eigenvalue weighted by molar-refractivity contribution is -0.385. The van der Waals surface area contributed by atoms with E-state index in [1.807, 2.05) is 0 Å². The fraction of sp³-hybridized carbons (Fsp3) is 0.115. The minimum absolute atomic E-state index is 0.00109. The standard InChI is InChI=1S/C26H18F3N3O8/c1-2-39-22-12-14(3-9-21(22)40-20-10-4-15(26(27,28)29)13-19(20)32(37)38)11-18-23(34)30-25(36)31(24(18)35)16-5-7-17(33)8-6-16/h3-13,33H,2H2,1H3,(H,30,34,36)/b18-11+. The minimum atomic E-state index is -4.81. The van der Waals surface area contributed by atoms with Crippen molar-refractivity contribution in [3.63, 3.8) is 0 Å². The highest BCUT2D eigenvalue weighted by Gasteiger charge is 2.37. The lowest BCUT2D eigenvalue weighted by Crippen LogP contribution is -2.54. The van der Waals surface area contributed by atoms with Crippen molar-refractivity contribution in [1.82, 2.24) is 5.32 Å². The van der Waals surface area contributed by atoms with Gasteiger partial charge in [-0.25, -0.2) is 9.69 Å². The molecule has 0 bridgehead atoms. The molecular weight excluding hydrogens is 539 g/mol. The number of amides is 4. The zero-order chi connectivity index (χ0) is 29.2. The Kier molecular flexibility index (Phi) is 7.43. The van der Waals surface area contributed by atoms with Crippen molar-refractivity contribution in [3.8, 4) is 23.0 Å². The number of phenolic OH excluding ortho intramolecular Hbond substituents is 1. The summed E-state index contributed by atoms with van der Waals surface area (Å²) in [4.78, 5) is 49.0. The van der Waals surface area contributed by atoms with Crippen LogP contribution in [-0.2, 0) is 15.8 Å². The summed E-state index contributed by atoms with van der Waals surface area (Å²) in [6.45, 7) is 1.71. The van der Waals surface area contributed by atoms with Crippen LogP contribution in [0.4, 0.5) is 29.3 Å². The number of alkyl halides is 3. The van der Waals surface area contributed by atoms with Crippen molar-refractivity contribution in [2.75, 3.05) is 11.5 Å². The van der Waals surface area contributed by atoms with Gasteiger partial charge in [0.25, 0.3) is 11.8 Å². The number of hydrogen-bond donors (Lipinski definition) is 2. The molecule has 0 atom stereocenters. The molecule has 14 heteroatoms. The van der Waals surface area contributed by atoms with Gasteiger partial charge in [0.15, 0.2) is 11.5 Å². The highest BCUT2D eigenvalue weighted by atomic mass is 19.4. The number of benzene rings is 3. The van der Waals surface area contributed by atoms with E-state index in [-0.39, 0.29) is 35.1 Å². The molecule has 1 aliphatic heterocycles. The number of anilines is 1. The number of carbonyl (C=O) groups excluding carboxylic acids is 3. The number of barbiturate groups is 1. The van der Waals surface area contributed by atoms with E-state index >= 15 is 0 Å². The third kappa shape index (κ3) is 5.70. The molecule has 3 aromatic rings. The molecule has 0 aliphatic carbocycles. The van der Waals surface area contributed by atoms with Crippen molar-refractivity contribution in [1.29, 1.82) is 0 Å². The topological polar surface area (TPSA) is 148 Å². The number of urea groups is 1. The number of ether oxygens (including phenoxy) is 2. The average Bonchev–Trinajstić information content (AvgIpc) is 2.88. The highest BCUT2D eigenvalue weighted by molar-refractivity contribution is 6.39. The maximum atomic E-state index is 13.1. The van der Waals surface area contributed by atoms with Crippen molar-refractivity contribution in [2.24, 2.45) is 0 Å². The number of nitrogens with zero attached hydrogens (tertiary/aromatic N) is 2. The lowest BCUT2D eigenvalue weighted by Gasteiger charge is -2.26. The summed E-state index contributed by atoms with van der Waals surface area (Å²) in [6, 6.07) is 9.91. The molecule has 0 unspecified atom stereocenters. The molecular formula is C26H18F3N3O8. The van der Waals surface area contributed by atoms with Gasteiger partial charge < -0.3 is 14.6 Å². The molecule has 2 N–H and O–H groups in total. The van der Waals surface area contributed by atoms with Gasteiger partial charge in [-0.05, 0) is 67.1 Å². The fourth-order valence-corrected chi connectivity index (χ4v) is 3.67. The Labute approximate surface area is 223 Å². The molecule has 0 aromatic heterocycles. The predicted octanol–water partition coefficient (Wildman–Crippen LogP) is 5.18. The van der Waals surface area contributed by atoms with Crippen LogP contribution in [0.25, 0.3) is 6.08 Å². The van der Waals surface area contributed by atoms with E-state index in [2.05, 4.69) is 5.32 Å². The number of halogens is 3. The SMILES string of the molecule is CCOc1cc(/C=C2\C(=O)NC(=O)N(c3ccc(O)cc3)C2=O)ccc1Oc1ccc(C(F)(F)F)cc1[N+](=O)[O-]. The quantitative estimate of drug-likeness (QED) is 0.175. The van der Waals surface area contributed by atoms with Crippen LogP contribution < -0.4 is 19.7 Å². The fourth-order valence-electron chi connectivity index (χ4n) is 3.67. The van der Waals surface area contributed by atoms with E-state index in [1.165, 1.54) is 48.5 Å². The Balaban J connectivity index is 1.69. The summed E-state index contributed by atoms with van der Waals surface area (Å²) in [7, 11) is 0.